The van der Waals surface area contributed by atoms with Crippen LogP contribution in [0.4, 0.5) is 10.5 Å². The number of nitrogens with zero attached hydrogens (tertiary/aromatic N) is 3. The first-order chi connectivity index (χ1) is 23.8. The van der Waals surface area contributed by atoms with E-state index >= 15 is 0 Å². The van der Waals surface area contributed by atoms with Crippen molar-refractivity contribution >= 4 is 29.5 Å². The van der Waals surface area contributed by atoms with Crippen molar-refractivity contribution in [3.63, 3.8) is 0 Å². The molecule has 5 aliphatic rings. The molecule has 11 nitrogen and oxygen atoms in total. The number of hydrogen-bond acceptors (Lipinski definition) is 6. The van der Waals surface area contributed by atoms with Gasteiger partial charge in [0, 0.05) is 44.0 Å². The number of benzene rings is 1. The van der Waals surface area contributed by atoms with Gasteiger partial charge in [-0.3, -0.25) is 19.1 Å². The first-order valence-corrected chi connectivity index (χ1v) is 18.6. The number of carbonyl (C=O) groups is 4. The zero-order valence-electron chi connectivity index (χ0n) is 30.3. The number of amides is 4. The zero-order chi connectivity index (χ0) is 35.5. The molecule has 3 N–H and O–H groups in total. The lowest BCUT2D eigenvalue weighted by atomic mass is 9.49. The highest BCUT2D eigenvalue weighted by molar-refractivity contribution is 6.01. The van der Waals surface area contributed by atoms with Gasteiger partial charge in [0.15, 0.2) is 0 Å². The number of methoxy groups -OCH3 is 1. The normalized spacial score (nSPS) is 23.8. The molecule has 1 aromatic heterocycles. The van der Waals surface area contributed by atoms with Gasteiger partial charge >= 0.3 is 6.09 Å². The average molecular weight is 687 g/mol. The van der Waals surface area contributed by atoms with Crippen molar-refractivity contribution < 1.29 is 23.9 Å². The molecule has 1 saturated heterocycles. The van der Waals surface area contributed by atoms with E-state index in [9.17, 15) is 19.2 Å². The summed E-state index contributed by atoms with van der Waals surface area (Å²) in [7, 11) is 3.14. The maximum atomic E-state index is 14.2. The molecule has 4 aliphatic carbocycles. The third kappa shape index (κ3) is 6.19. The lowest BCUT2D eigenvalue weighted by molar-refractivity contribution is -0.141. The highest BCUT2D eigenvalue weighted by atomic mass is 16.5. The first kappa shape index (κ1) is 34.6. The third-order valence-electron chi connectivity index (χ3n) is 13.6. The van der Waals surface area contributed by atoms with Crippen LogP contribution in [0.2, 0.25) is 0 Å². The van der Waals surface area contributed by atoms with Crippen LogP contribution in [0.25, 0.3) is 0 Å². The lowest BCUT2D eigenvalue weighted by Gasteiger charge is -2.61. The molecule has 50 heavy (non-hydrogen) atoms. The molecule has 5 fully saturated rings. The molecular formula is C39H54N6O5. The van der Waals surface area contributed by atoms with Crippen molar-refractivity contribution in [3.05, 3.63) is 47.8 Å². The van der Waals surface area contributed by atoms with Crippen LogP contribution in [0.1, 0.15) is 101 Å². The molecule has 1 aliphatic heterocycles. The van der Waals surface area contributed by atoms with Crippen LogP contribution in [0.3, 0.4) is 0 Å². The smallest absolute Gasteiger partial charge is 0.409 e. The number of aryl methyl sites for hydroxylation is 1. The van der Waals surface area contributed by atoms with Gasteiger partial charge in [0.05, 0.1) is 12.5 Å². The third-order valence-corrected chi connectivity index (χ3v) is 13.6. The molecule has 7 rings (SSSR count). The van der Waals surface area contributed by atoms with Crippen LogP contribution < -0.4 is 16.0 Å². The van der Waals surface area contributed by atoms with Gasteiger partial charge in [-0.1, -0.05) is 51.7 Å². The van der Waals surface area contributed by atoms with Gasteiger partial charge in [-0.15, -0.1) is 0 Å². The molecule has 2 unspecified atom stereocenters. The fourth-order valence-electron chi connectivity index (χ4n) is 9.48. The van der Waals surface area contributed by atoms with E-state index in [4.69, 9.17) is 4.74 Å². The number of nitrogens with one attached hydrogen (secondary N) is 3. The average Bonchev–Trinajstić information content (AvgIpc) is 3.62. The predicted molar refractivity (Wildman–Crippen MR) is 189 cm³/mol. The Morgan fingerprint density at radius 2 is 1.68 bits per heavy atom. The number of hydrogen-bond donors (Lipinski definition) is 3. The van der Waals surface area contributed by atoms with Crippen molar-refractivity contribution in [3.8, 4) is 0 Å². The van der Waals surface area contributed by atoms with E-state index in [1.807, 2.05) is 24.3 Å². The minimum atomic E-state index is -0.769. The van der Waals surface area contributed by atoms with Crippen molar-refractivity contribution in [1.82, 2.24) is 25.3 Å². The molecule has 270 valence electrons. The number of carbonyl (C=O) groups excluding carboxylic acids is 4. The Labute approximate surface area is 295 Å². The number of aromatic nitrogens is 2. The molecule has 2 aromatic rings. The molecule has 4 saturated carbocycles. The number of anilines is 1. The quantitative estimate of drug-likeness (QED) is 0.273. The van der Waals surface area contributed by atoms with Crippen LogP contribution in [0, 0.1) is 34.0 Å². The largest absolute Gasteiger partial charge is 0.453 e. The van der Waals surface area contributed by atoms with Gasteiger partial charge < -0.3 is 25.6 Å². The standard InChI is InChI=1S/C39H54N6O5/c1-36(15-7-16-36)22-40-34(48)38(3,27-20-39(21-27)23-45(24-39)35(49)50-5)26-10-12-28(13-11-26)42-33(47)31(43-32(46)29-14-19-41-44(29)4)30(25-8-6-9-25)37(2)17-18-37/h10-14,19,25,27,30-31H,6-9,15-18,20-24H2,1-5H3,(H,40,48)(H,42,47)(H,43,46)/t30?,31-,38?/m0/s1. The molecule has 1 spiro atoms. The molecule has 0 radical (unpaired) electrons. The zero-order valence-corrected chi connectivity index (χ0v) is 30.3. The first-order valence-electron chi connectivity index (χ1n) is 18.6. The minimum Gasteiger partial charge on any atom is -0.453 e. The van der Waals surface area contributed by atoms with Gasteiger partial charge in [0.2, 0.25) is 11.8 Å². The van der Waals surface area contributed by atoms with Crippen LogP contribution in [-0.4, -0.2) is 71.3 Å². The number of ether oxygens (including phenoxy) is 1. The van der Waals surface area contributed by atoms with E-state index in [2.05, 4.69) is 41.8 Å². The van der Waals surface area contributed by atoms with Crippen molar-refractivity contribution in [2.24, 2.45) is 41.0 Å². The molecule has 3 atom stereocenters. The highest BCUT2D eigenvalue weighted by Crippen LogP contribution is 2.59. The maximum Gasteiger partial charge on any atom is 0.409 e. The second-order valence-corrected chi connectivity index (χ2v) is 17.2. The van der Waals surface area contributed by atoms with Crippen molar-refractivity contribution in [2.45, 2.75) is 96.4 Å². The summed E-state index contributed by atoms with van der Waals surface area (Å²) in [5.74, 6) is 0.0795. The summed E-state index contributed by atoms with van der Waals surface area (Å²) in [4.78, 5) is 55.6. The lowest BCUT2D eigenvalue weighted by Crippen LogP contribution is -2.67. The van der Waals surface area contributed by atoms with E-state index in [0.717, 1.165) is 63.4 Å². The van der Waals surface area contributed by atoms with E-state index in [-0.39, 0.29) is 51.9 Å². The molecule has 1 aromatic carbocycles. The van der Waals surface area contributed by atoms with Gasteiger partial charge in [-0.2, -0.15) is 5.10 Å². The van der Waals surface area contributed by atoms with Gasteiger partial charge in [-0.25, -0.2) is 4.79 Å². The Morgan fingerprint density at radius 1 is 1.00 bits per heavy atom. The van der Waals surface area contributed by atoms with Crippen LogP contribution in [0.5, 0.6) is 0 Å². The van der Waals surface area contributed by atoms with E-state index in [1.165, 1.54) is 18.2 Å². The molecular weight excluding hydrogens is 632 g/mol. The van der Waals surface area contributed by atoms with E-state index in [0.29, 0.717) is 36.9 Å². The maximum absolute atomic E-state index is 14.2. The summed E-state index contributed by atoms with van der Waals surface area (Å²) in [5.41, 5.74) is 1.41. The topological polar surface area (TPSA) is 135 Å². The minimum absolute atomic E-state index is 0.0247. The summed E-state index contributed by atoms with van der Waals surface area (Å²) in [6.07, 6.45) is 11.9. The molecule has 11 heteroatoms. The van der Waals surface area contributed by atoms with Crippen LogP contribution in [-0.2, 0) is 26.8 Å². The van der Waals surface area contributed by atoms with Gasteiger partial charge in [0.25, 0.3) is 5.91 Å². The fraction of sp³-hybridized carbons (Fsp3) is 0.667. The Kier molecular flexibility index (Phi) is 8.78. The highest BCUT2D eigenvalue weighted by Gasteiger charge is 2.60. The Morgan fingerprint density at radius 3 is 2.20 bits per heavy atom. The summed E-state index contributed by atoms with van der Waals surface area (Å²) < 4.78 is 6.44. The number of rotatable bonds is 12. The second kappa shape index (κ2) is 12.7. The van der Waals surface area contributed by atoms with Gasteiger partial charge in [-0.05, 0) is 97.8 Å². The molecule has 0 bridgehead atoms. The SMILES string of the molecule is COC(=O)N1CC2(CC(C(C)(C(=O)NCC3(C)CCC3)c3ccc(NC(=O)[C@@H](NC(=O)c4ccnn4C)C(C4CCC4)C4(C)CC4)cc3)C2)C1. The molecule has 2 heterocycles. The Balaban J connectivity index is 1.09. The van der Waals surface area contributed by atoms with Crippen molar-refractivity contribution in [1.29, 1.82) is 0 Å². The van der Waals surface area contributed by atoms with Crippen LogP contribution in [0.15, 0.2) is 36.5 Å². The Bertz CT molecular complexity index is 1630. The second-order valence-electron chi connectivity index (χ2n) is 17.2. The summed E-state index contributed by atoms with van der Waals surface area (Å²) in [5, 5.41) is 13.7. The Hall–Kier alpha value is -3.89. The van der Waals surface area contributed by atoms with Crippen molar-refractivity contribution in [2.75, 3.05) is 32.1 Å². The predicted octanol–water partition coefficient (Wildman–Crippen LogP) is 5.42. The fourth-order valence-corrected chi connectivity index (χ4v) is 9.48. The molecule has 4 amide bonds. The summed E-state index contributed by atoms with van der Waals surface area (Å²) >= 11 is 0. The number of likely N-dealkylation sites (tertiary alicyclic amines) is 1. The monoisotopic (exact) mass is 686 g/mol. The van der Waals surface area contributed by atoms with E-state index < -0.39 is 11.5 Å². The van der Waals surface area contributed by atoms with Gasteiger partial charge in [0.1, 0.15) is 11.7 Å². The summed E-state index contributed by atoms with van der Waals surface area (Å²) in [6.45, 7) is 8.53. The summed E-state index contributed by atoms with van der Waals surface area (Å²) in [6, 6.07) is 8.71. The van der Waals surface area contributed by atoms with Crippen LogP contribution >= 0.6 is 0 Å². The van der Waals surface area contributed by atoms with E-state index in [1.54, 1.807) is 24.2 Å².